The number of piperidine rings is 2. The van der Waals surface area contributed by atoms with Crippen LogP contribution in [0.25, 0.3) is 33.4 Å². The molecule has 2 saturated heterocycles. The highest BCUT2D eigenvalue weighted by atomic mass is 35.5. The van der Waals surface area contributed by atoms with Crippen LogP contribution in [0.5, 0.6) is 5.75 Å². The van der Waals surface area contributed by atoms with Crippen LogP contribution in [-0.2, 0) is 25.6 Å². The Labute approximate surface area is 296 Å². The predicted molar refractivity (Wildman–Crippen MR) is 188 cm³/mol. The number of aromatic nitrogens is 1. The molecule has 3 unspecified atom stereocenters. The van der Waals surface area contributed by atoms with Crippen molar-refractivity contribution in [2.24, 2.45) is 0 Å². The number of hydrogen-bond donors (Lipinski definition) is 5. The van der Waals surface area contributed by atoms with Gasteiger partial charge in [0, 0.05) is 47.3 Å². The van der Waals surface area contributed by atoms with Gasteiger partial charge >= 0.3 is 0 Å². The summed E-state index contributed by atoms with van der Waals surface area (Å²) in [6, 6.07) is 15.1. The quantitative estimate of drug-likeness (QED) is 0.169. The molecule has 4 aliphatic heterocycles. The van der Waals surface area contributed by atoms with Crippen LogP contribution in [0.15, 0.2) is 54.7 Å². The second-order valence-electron chi connectivity index (χ2n) is 13.0. The molecule has 0 radical (unpaired) electrons. The van der Waals surface area contributed by atoms with Crippen LogP contribution >= 0.6 is 23.2 Å². The number of rotatable bonds is 5. The number of benzene rings is 3. The third kappa shape index (κ3) is 5.85. The first-order valence-electron chi connectivity index (χ1n) is 16.4. The number of nitrogens with one attached hydrogen (secondary N) is 4. The number of hydrogen-bond acceptors (Lipinski definition) is 8. The molecule has 3 atom stereocenters. The molecule has 3 aromatic carbocycles. The summed E-state index contributed by atoms with van der Waals surface area (Å²) in [7, 11) is 0. The van der Waals surface area contributed by atoms with Crippen LogP contribution in [-0.4, -0.2) is 53.1 Å². The highest BCUT2D eigenvalue weighted by molar-refractivity contribution is 6.35. The van der Waals surface area contributed by atoms with Crippen molar-refractivity contribution >= 4 is 58.3 Å². The van der Waals surface area contributed by atoms with Gasteiger partial charge in [0.15, 0.2) is 11.6 Å². The molecule has 50 heavy (non-hydrogen) atoms. The van der Waals surface area contributed by atoms with E-state index < -0.39 is 24.0 Å². The third-order valence-corrected chi connectivity index (χ3v) is 10.6. The monoisotopic (exact) mass is 711 g/mol. The SMILES string of the molecule is O=C1CCC(c2cc(-c3cc(-c4ccc5c(c4)CC(=O)N5)c(Cl)c(C4CCC(=O)NC4O)c3)cc(-c3cnc4c(c3)OCCN4)c2Cl)C(=O)N1. The molecule has 0 spiro atoms. The Morgan fingerprint density at radius 1 is 0.780 bits per heavy atom. The lowest BCUT2D eigenvalue weighted by atomic mass is 9.83. The topological polar surface area (TPSA) is 159 Å². The van der Waals surface area contributed by atoms with E-state index in [2.05, 4.69) is 26.3 Å². The van der Waals surface area contributed by atoms with E-state index >= 15 is 0 Å². The zero-order valence-electron chi connectivity index (χ0n) is 26.6. The summed E-state index contributed by atoms with van der Waals surface area (Å²) in [5.74, 6) is -1.10. The van der Waals surface area contributed by atoms with Gasteiger partial charge in [-0.1, -0.05) is 29.3 Å². The van der Waals surface area contributed by atoms with Crippen molar-refractivity contribution in [1.29, 1.82) is 0 Å². The largest absolute Gasteiger partial charge is 0.488 e. The number of halogens is 2. The number of amides is 4. The summed E-state index contributed by atoms with van der Waals surface area (Å²) >= 11 is 14.3. The molecule has 5 N–H and O–H groups in total. The summed E-state index contributed by atoms with van der Waals surface area (Å²) < 4.78 is 5.87. The van der Waals surface area contributed by atoms with Gasteiger partial charge in [0.1, 0.15) is 12.8 Å². The fraction of sp³-hybridized carbons (Fsp3) is 0.270. The van der Waals surface area contributed by atoms with Crippen molar-refractivity contribution in [2.75, 3.05) is 23.8 Å². The number of anilines is 2. The molecular formula is C37H31Cl2N5O6. The first kappa shape index (κ1) is 32.2. The van der Waals surface area contributed by atoms with E-state index in [1.54, 1.807) is 6.20 Å². The van der Waals surface area contributed by atoms with E-state index in [4.69, 9.17) is 27.9 Å². The fourth-order valence-electron chi connectivity index (χ4n) is 7.23. The van der Waals surface area contributed by atoms with Gasteiger partial charge < -0.3 is 25.8 Å². The van der Waals surface area contributed by atoms with Gasteiger partial charge in [-0.3, -0.25) is 24.5 Å². The molecule has 4 aliphatic rings. The van der Waals surface area contributed by atoms with Crippen LogP contribution in [0.1, 0.15) is 54.2 Å². The number of aliphatic hydroxyl groups excluding tert-OH is 1. The lowest BCUT2D eigenvalue weighted by molar-refractivity contribution is -0.134. The number of fused-ring (bicyclic) bond motifs is 2. The van der Waals surface area contributed by atoms with Gasteiger partial charge in [-0.25, -0.2) is 4.98 Å². The Balaban J connectivity index is 1.33. The molecule has 8 rings (SSSR count). The van der Waals surface area contributed by atoms with Crippen molar-refractivity contribution in [3.05, 3.63) is 81.5 Å². The second kappa shape index (κ2) is 12.7. The Morgan fingerprint density at radius 3 is 2.30 bits per heavy atom. The fourth-order valence-corrected chi connectivity index (χ4v) is 7.94. The second-order valence-corrected chi connectivity index (χ2v) is 13.7. The summed E-state index contributed by atoms with van der Waals surface area (Å²) in [6.45, 7) is 1.11. The molecule has 4 aromatic rings. The van der Waals surface area contributed by atoms with Crippen LogP contribution in [0.4, 0.5) is 11.5 Å². The van der Waals surface area contributed by atoms with Gasteiger partial charge in [0.2, 0.25) is 23.6 Å². The predicted octanol–water partition coefficient (Wildman–Crippen LogP) is 5.52. The summed E-state index contributed by atoms with van der Waals surface area (Å²) in [6.07, 6.45) is 1.83. The summed E-state index contributed by atoms with van der Waals surface area (Å²) in [5, 5.41) is 23.0. The molecule has 5 heterocycles. The minimum absolute atomic E-state index is 0.0914. The maximum atomic E-state index is 13.2. The molecule has 0 aliphatic carbocycles. The van der Waals surface area contributed by atoms with Crippen LogP contribution in [0, 0.1) is 0 Å². The van der Waals surface area contributed by atoms with Gasteiger partial charge in [0.25, 0.3) is 0 Å². The molecular weight excluding hydrogens is 681 g/mol. The van der Waals surface area contributed by atoms with E-state index in [-0.39, 0.29) is 43.4 Å². The zero-order valence-corrected chi connectivity index (χ0v) is 28.1. The lowest BCUT2D eigenvalue weighted by Gasteiger charge is -2.30. The van der Waals surface area contributed by atoms with Crippen molar-refractivity contribution in [1.82, 2.24) is 15.6 Å². The molecule has 254 valence electrons. The highest BCUT2D eigenvalue weighted by Gasteiger charge is 2.33. The molecule has 2 fully saturated rings. The summed E-state index contributed by atoms with van der Waals surface area (Å²) in [5.41, 5.74) is 6.89. The normalized spacial score (nSPS) is 21.3. The maximum absolute atomic E-state index is 13.2. The molecule has 1 aromatic heterocycles. The zero-order chi connectivity index (χ0) is 34.7. The Morgan fingerprint density at radius 2 is 1.52 bits per heavy atom. The third-order valence-electron chi connectivity index (χ3n) is 9.78. The van der Waals surface area contributed by atoms with E-state index in [9.17, 15) is 24.3 Å². The minimum Gasteiger partial charge on any atom is -0.488 e. The molecule has 0 saturated carbocycles. The van der Waals surface area contributed by atoms with Crippen molar-refractivity contribution in [2.45, 2.75) is 50.2 Å². The van der Waals surface area contributed by atoms with Crippen molar-refractivity contribution in [3.8, 4) is 39.1 Å². The van der Waals surface area contributed by atoms with E-state index in [0.717, 1.165) is 16.8 Å². The van der Waals surface area contributed by atoms with Gasteiger partial charge in [-0.2, -0.15) is 0 Å². The first-order valence-corrected chi connectivity index (χ1v) is 17.2. The van der Waals surface area contributed by atoms with Crippen LogP contribution < -0.4 is 26.0 Å². The van der Waals surface area contributed by atoms with Crippen molar-refractivity contribution < 1.29 is 29.0 Å². The van der Waals surface area contributed by atoms with E-state index in [1.165, 1.54) is 0 Å². The average Bonchev–Trinajstić information content (AvgIpc) is 3.48. The van der Waals surface area contributed by atoms with E-state index in [0.29, 0.717) is 80.1 Å². The number of pyridine rings is 1. The number of carbonyl (C=O) groups excluding carboxylic acids is 4. The number of imide groups is 1. The van der Waals surface area contributed by atoms with Crippen molar-refractivity contribution in [3.63, 3.8) is 0 Å². The number of nitrogens with zero attached hydrogens (tertiary/aromatic N) is 1. The standard InChI is InChI=1S/C37H31Cl2N5O6/c38-33-24(17-1-4-28-20(9-17)15-32(47)42-28)10-18(12-26(33)22-2-5-30(45)43-36(22)48)19-11-25(21-14-29-35(41-16-21)40-7-8-50-29)34(39)27(13-19)23-3-6-31(46)44-37(23)49/h1,4,9-14,16,22-23,36,48H,2-3,5-8,15H2,(H,40,41)(H,42,47)(H,43,45)(H,44,46,49). The van der Waals surface area contributed by atoms with E-state index in [1.807, 2.05) is 48.5 Å². The molecule has 0 bridgehead atoms. The molecule has 4 amide bonds. The minimum atomic E-state index is -1.16. The Hall–Kier alpha value is -4.97. The number of ether oxygens (including phenoxy) is 1. The van der Waals surface area contributed by atoms with Gasteiger partial charge in [0.05, 0.1) is 28.9 Å². The van der Waals surface area contributed by atoms with Crippen LogP contribution in [0.3, 0.4) is 0 Å². The molecule has 11 nitrogen and oxygen atoms in total. The number of aliphatic hydroxyl groups is 1. The Bertz CT molecular complexity index is 2140. The smallest absolute Gasteiger partial charge is 0.234 e. The summed E-state index contributed by atoms with van der Waals surface area (Å²) in [4.78, 5) is 54.2. The van der Waals surface area contributed by atoms with Gasteiger partial charge in [-0.05, 0) is 88.7 Å². The van der Waals surface area contributed by atoms with Crippen LogP contribution in [0.2, 0.25) is 10.0 Å². The maximum Gasteiger partial charge on any atom is 0.234 e. The Kier molecular flexibility index (Phi) is 8.21. The van der Waals surface area contributed by atoms with Gasteiger partial charge in [-0.15, -0.1) is 0 Å². The molecule has 13 heteroatoms. The first-order chi connectivity index (χ1) is 24.1. The highest BCUT2D eigenvalue weighted by Crippen LogP contribution is 2.46. The number of carbonyl (C=O) groups is 4. The lowest BCUT2D eigenvalue weighted by Crippen LogP contribution is -2.43. The average molecular weight is 713 g/mol.